The van der Waals surface area contributed by atoms with Gasteiger partial charge in [0.15, 0.2) is 0 Å². The van der Waals surface area contributed by atoms with E-state index in [0.717, 1.165) is 11.1 Å². The summed E-state index contributed by atoms with van der Waals surface area (Å²) in [6, 6.07) is 1.77. The largest absolute Gasteiger partial charge is 0.351 e. The number of rotatable bonds is 3. The van der Waals surface area contributed by atoms with Crippen molar-refractivity contribution in [3.05, 3.63) is 35.7 Å². The molecule has 0 aliphatic carbocycles. The average molecular weight is 190 g/mol. The summed E-state index contributed by atoms with van der Waals surface area (Å²) in [4.78, 5) is 15.4. The van der Waals surface area contributed by atoms with Gasteiger partial charge in [0, 0.05) is 12.7 Å². The van der Waals surface area contributed by atoms with Crippen LogP contribution in [-0.2, 0) is 0 Å². The third kappa shape index (κ3) is 2.19. The molecule has 0 radical (unpaired) electrons. The van der Waals surface area contributed by atoms with Gasteiger partial charge in [-0.1, -0.05) is 12.7 Å². The second-order valence-electron chi connectivity index (χ2n) is 2.99. The molecule has 0 aliphatic rings. The van der Waals surface area contributed by atoms with E-state index in [2.05, 4.69) is 16.9 Å². The van der Waals surface area contributed by atoms with Crippen LogP contribution in [0.5, 0.6) is 0 Å². The molecule has 0 saturated heterocycles. The first-order valence-electron chi connectivity index (χ1n) is 4.56. The quantitative estimate of drug-likeness (QED) is 0.789. The summed E-state index contributed by atoms with van der Waals surface area (Å²) in [5.41, 5.74) is 2.42. The van der Waals surface area contributed by atoms with E-state index in [1.54, 1.807) is 18.3 Å². The fourth-order valence-corrected chi connectivity index (χ4v) is 1.16. The van der Waals surface area contributed by atoms with Crippen molar-refractivity contribution in [1.29, 1.82) is 0 Å². The van der Waals surface area contributed by atoms with Crippen LogP contribution in [0.1, 0.15) is 28.5 Å². The van der Waals surface area contributed by atoms with Crippen molar-refractivity contribution in [3.63, 3.8) is 0 Å². The Morgan fingerprint density at radius 2 is 2.43 bits per heavy atom. The summed E-state index contributed by atoms with van der Waals surface area (Å²) in [6.07, 6.45) is 3.39. The Kier molecular flexibility index (Phi) is 3.40. The van der Waals surface area contributed by atoms with Gasteiger partial charge in [0.2, 0.25) is 0 Å². The molecule has 1 heterocycles. The maximum atomic E-state index is 11.4. The molecule has 0 atom stereocenters. The topological polar surface area (TPSA) is 42.0 Å². The fourth-order valence-electron chi connectivity index (χ4n) is 1.16. The van der Waals surface area contributed by atoms with Crippen molar-refractivity contribution in [2.75, 3.05) is 6.54 Å². The van der Waals surface area contributed by atoms with Crippen molar-refractivity contribution in [1.82, 2.24) is 10.3 Å². The maximum absolute atomic E-state index is 11.4. The van der Waals surface area contributed by atoms with Gasteiger partial charge in [0.05, 0.1) is 0 Å². The van der Waals surface area contributed by atoms with Crippen LogP contribution in [0.25, 0.3) is 6.08 Å². The Balaban J connectivity index is 2.96. The molecule has 1 amide bonds. The van der Waals surface area contributed by atoms with Crippen LogP contribution in [0.2, 0.25) is 0 Å². The molecule has 0 aliphatic heterocycles. The first-order chi connectivity index (χ1) is 6.69. The Labute approximate surface area is 83.9 Å². The van der Waals surface area contributed by atoms with Gasteiger partial charge >= 0.3 is 0 Å². The van der Waals surface area contributed by atoms with E-state index in [1.807, 2.05) is 13.8 Å². The van der Waals surface area contributed by atoms with Crippen LogP contribution in [0.15, 0.2) is 18.8 Å². The standard InChI is InChI=1S/C11H14N2O/c1-4-9-7-13-10(6-8(9)3)11(14)12-5-2/h4,6-7H,1,5H2,2-3H3,(H,12,14). The molecule has 1 rings (SSSR count). The van der Waals surface area contributed by atoms with Gasteiger partial charge in [-0.2, -0.15) is 0 Å². The number of nitrogens with zero attached hydrogens (tertiary/aromatic N) is 1. The van der Waals surface area contributed by atoms with Crippen LogP contribution in [0.3, 0.4) is 0 Å². The highest BCUT2D eigenvalue weighted by Crippen LogP contribution is 2.09. The molecule has 0 bridgehead atoms. The van der Waals surface area contributed by atoms with E-state index in [4.69, 9.17) is 0 Å². The Morgan fingerprint density at radius 1 is 1.71 bits per heavy atom. The van der Waals surface area contributed by atoms with E-state index in [-0.39, 0.29) is 5.91 Å². The van der Waals surface area contributed by atoms with Gasteiger partial charge in [-0.15, -0.1) is 0 Å². The number of hydrogen-bond acceptors (Lipinski definition) is 2. The number of nitrogens with one attached hydrogen (secondary N) is 1. The van der Waals surface area contributed by atoms with Crippen molar-refractivity contribution < 1.29 is 4.79 Å². The first kappa shape index (κ1) is 10.4. The van der Waals surface area contributed by atoms with E-state index >= 15 is 0 Å². The minimum Gasteiger partial charge on any atom is -0.351 e. The van der Waals surface area contributed by atoms with Crippen LogP contribution in [-0.4, -0.2) is 17.4 Å². The highest BCUT2D eigenvalue weighted by molar-refractivity contribution is 5.92. The van der Waals surface area contributed by atoms with Gasteiger partial charge in [-0.25, -0.2) is 0 Å². The predicted octanol–water partition coefficient (Wildman–Crippen LogP) is 1.78. The normalized spacial score (nSPS) is 9.57. The van der Waals surface area contributed by atoms with Gasteiger partial charge in [0.25, 0.3) is 5.91 Å². The number of carbonyl (C=O) groups excluding carboxylic acids is 1. The van der Waals surface area contributed by atoms with Gasteiger partial charge in [0.1, 0.15) is 5.69 Å². The minimum atomic E-state index is -0.133. The van der Waals surface area contributed by atoms with E-state index in [9.17, 15) is 4.79 Å². The fraction of sp³-hybridized carbons (Fsp3) is 0.273. The van der Waals surface area contributed by atoms with E-state index in [0.29, 0.717) is 12.2 Å². The van der Waals surface area contributed by atoms with Crippen molar-refractivity contribution in [2.24, 2.45) is 0 Å². The maximum Gasteiger partial charge on any atom is 0.269 e. The molecular formula is C11H14N2O. The molecule has 74 valence electrons. The zero-order chi connectivity index (χ0) is 10.6. The lowest BCUT2D eigenvalue weighted by atomic mass is 10.1. The molecule has 14 heavy (non-hydrogen) atoms. The summed E-state index contributed by atoms with van der Waals surface area (Å²) in [6.45, 7) is 8.09. The van der Waals surface area contributed by atoms with Crippen LogP contribution in [0.4, 0.5) is 0 Å². The number of aromatic nitrogens is 1. The summed E-state index contributed by atoms with van der Waals surface area (Å²) in [5.74, 6) is -0.133. The zero-order valence-corrected chi connectivity index (χ0v) is 8.50. The third-order valence-corrected chi connectivity index (χ3v) is 1.94. The SMILES string of the molecule is C=Cc1cnc(C(=O)NCC)cc1C. The summed E-state index contributed by atoms with van der Waals surface area (Å²) in [7, 11) is 0. The lowest BCUT2D eigenvalue weighted by Gasteiger charge is -2.04. The Morgan fingerprint density at radius 3 is 2.93 bits per heavy atom. The Hall–Kier alpha value is -1.64. The lowest BCUT2D eigenvalue weighted by molar-refractivity contribution is 0.0951. The average Bonchev–Trinajstić information content (AvgIpc) is 2.18. The lowest BCUT2D eigenvalue weighted by Crippen LogP contribution is -2.23. The number of amides is 1. The molecule has 0 fully saturated rings. The Bertz CT molecular complexity index is 358. The molecule has 1 N–H and O–H groups in total. The molecule has 1 aromatic rings. The highest BCUT2D eigenvalue weighted by Gasteiger charge is 2.06. The molecule has 0 unspecified atom stereocenters. The third-order valence-electron chi connectivity index (χ3n) is 1.94. The zero-order valence-electron chi connectivity index (χ0n) is 8.50. The number of aryl methyl sites for hydroxylation is 1. The number of pyridine rings is 1. The first-order valence-corrected chi connectivity index (χ1v) is 4.56. The van der Waals surface area contributed by atoms with Crippen molar-refractivity contribution in [2.45, 2.75) is 13.8 Å². The molecule has 3 nitrogen and oxygen atoms in total. The van der Waals surface area contributed by atoms with Crippen LogP contribution < -0.4 is 5.32 Å². The van der Waals surface area contributed by atoms with Crippen molar-refractivity contribution >= 4 is 12.0 Å². The van der Waals surface area contributed by atoms with Crippen LogP contribution >= 0.6 is 0 Å². The molecule has 0 spiro atoms. The molecule has 1 aromatic heterocycles. The van der Waals surface area contributed by atoms with Gasteiger partial charge in [-0.3, -0.25) is 9.78 Å². The molecule has 0 saturated carbocycles. The number of carbonyl (C=O) groups is 1. The van der Waals surface area contributed by atoms with Gasteiger partial charge in [-0.05, 0) is 31.0 Å². The van der Waals surface area contributed by atoms with Gasteiger partial charge < -0.3 is 5.32 Å². The van der Waals surface area contributed by atoms with Crippen molar-refractivity contribution in [3.8, 4) is 0 Å². The molecule has 3 heteroatoms. The summed E-state index contributed by atoms with van der Waals surface area (Å²) >= 11 is 0. The minimum absolute atomic E-state index is 0.133. The summed E-state index contributed by atoms with van der Waals surface area (Å²) < 4.78 is 0. The number of hydrogen-bond donors (Lipinski definition) is 1. The van der Waals surface area contributed by atoms with E-state index < -0.39 is 0 Å². The predicted molar refractivity (Wildman–Crippen MR) is 57.1 cm³/mol. The highest BCUT2D eigenvalue weighted by atomic mass is 16.1. The van der Waals surface area contributed by atoms with E-state index in [1.165, 1.54) is 0 Å². The smallest absolute Gasteiger partial charge is 0.269 e. The second kappa shape index (κ2) is 4.56. The van der Waals surface area contributed by atoms with Crippen LogP contribution in [0, 0.1) is 6.92 Å². The summed E-state index contributed by atoms with van der Waals surface area (Å²) in [5, 5.41) is 2.70. The second-order valence-corrected chi connectivity index (χ2v) is 2.99. The monoisotopic (exact) mass is 190 g/mol. The molecular weight excluding hydrogens is 176 g/mol. The molecule has 0 aromatic carbocycles.